The Morgan fingerprint density at radius 1 is 1.29 bits per heavy atom. The van der Waals surface area contributed by atoms with Crippen LogP contribution in [0.4, 0.5) is 0 Å². The molecular weight excluding hydrogens is 214 g/mol. The van der Waals surface area contributed by atoms with Crippen LogP contribution in [0.1, 0.15) is 11.3 Å². The van der Waals surface area contributed by atoms with Crippen LogP contribution >= 0.6 is 0 Å². The molecule has 0 fully saturated rings. The van der Waals surface area contributed by atoms with Gasteiger partial charge >= 0.3 is 0 Å². The summed E-state index contributed by atoms with van der Waals surface area (Å²) in [6.45, 7) is 0.603. The minimum absolute atomic E-state index is 0.603. The van der Waals surface area contributed by atoms with Crippen molar-refractivity contribution in [3.8, 4) is 11.8 Å². The molecule has 0 bridgehead atoms. The van der Waals surface area contributed by atoms with E-state index in [0.29, 0.717) is 12.2 Å². The Morgan fingerprint density at radius 2 is 2.06 bits per heavy atom. The minimum atomic E-state index is 0.603. The molecule has 17 heavy (non-hydrogen) atoms. The smallest absolute Gasteiger partial charge is 0.119 e. The van der Waals surface area contributed by atoms with E-state index in [4.69, 9.17) is 10.00 Å². The molecule has 2 aromatic rings. The van der Waals surface area contributed by atoms with Crippen LogP contribution in [-0.4, -0.2) is 16.4 Å². The van der Waals surface area contributed by atoms with Crippen molar-refractivity contribution in [2.24, 2.45) is 7.05 Å². The zero-order valence-corrected chi connectivity index (χ0v) is 9.63. The fourth-order valence-corrected chi connectivity index (χ4v) is 1.55. The molecule has 0 aliphatic rings. The predicted molar refractivity (Wildman–Crippen MR) is 63.6 cm³/mol. The summed E-state index contributed by atoms with van der Waals surface area (Å²) in [6.07, 6.45) is 2.59. The summed E-state index contributed by atoms with van der Waals surface area (Å²) in [5, 5.41) is 12.7. The zero-order valence-electron chi connectivity index (χ0n) is 9.63. The molecule has 4 heteroatoms. The highest BCUT2D eigenvalue weighted by molar-refractivity contribution is 5.34. The van der Waals surface area contributed by atoms with Gasteiger partial charge in [-0.25, -0.2) is 0 Å². The lowest BCUT2D eigenvalue weighted by Crippen LogP contribution is -2.05. The monoisotopic (exact) mass is 227 g/mol. The largest absolute Gasteiger partial charge is 0.493 e. The van der Waals surface area contributed by atoms with E-state index in [1.165, 1.54) is 0 Å². The number of aromatic nitrogens is 2. The fraction of sp³-hybridized carbons (Fsp3) is 0.231. The van der Waals surface area contributed by atoms with Crippen LogP contribution in [0.2, 0.25) is 0 Å². The summed E-state index contributed by atoms with van der Waals surface area (Å²) in [6, 6.07) is 11.2. The number of hydrogen-bond acceptors (Lipinski definition) is 3. The maximum absolute atomic E-state index is 8.66. The van der Waals surface area contributed by atoms with Gasteiger partial charge in [0, 0.05) is 25.4 Å². The second kappa shape index (κ2) is 5.17. The number of hydrogen-bond donors (Lipinski definition) is 0. The van der Waals surface area contributed by atoms with Gasteiger partial charge in [-0.15, -0.1) is 0 Å². The normalized spacial score (nSPS) is 9.88. The van der Waals surface area contributed by atoms with Crippen LogP contribution in [0.15, 0.2) is 36.5 Å². The molecule has 0 atom stereocenters. The second-order valence-electron chi connectivity index (χ2n) is 3.68. The van der Waals surface area contributed by atoms with Gasteiger partial charge in [-0.05, 0) is 30.3 Å². The Balaban J connectivity index is 1.86. The molecule has 0 spiro atoms. The first-order chi connectivity index (χ1) is 8.29. The lowest BCUT2D eigenvalue weighted by atomic mass is 10.2. The molecule has 4 nitrogen and oxygen atoms in total. The van der Waals surface area contributed by atoms with Crippen molar-refractivity contribution in [3.63, 3.8) is 0 Å². The Morgan fingerprint density at radius 3 is 2.65 bits per heavy atom. The van der Waals surface area contributed by atoms with E-state index in [1.54, 1.807) is 18.3 Å². The zero-order chi connectivity index (χ0) is 12.1. The summed E-state index contributed by atoms with van der Waals surface area (Å²) >= 11 is 0. The molecule has 0 saturated carbocycles. The number of nitriles is 1. The molecule has 0 unspecified atom stereocenters. The summed E-state index contributed by atoms with van der Waals surface area (Å²) < 4.78 is 7.42. The van der Waals surface area contributed by atoms with E-state index in [9.17, 15) is 0 Å². The lowest BCUT2D eigenvalue weighted by Gasteiger charge is -2.06. The van der Waals surface area contributed by atoms with E-state index in [2.05, 4.69) is 11.2 Å². The first-order valence-corrected chi connectivity index (χ1v) is 5.39. The van der Waals surface area contributed by atoms with Gasteiger partial charge in [0.25, 0.3) is 0 Å². The number of nitrogens with zero attached hydrogens (tertiary/aromatic N) is 3. The topological polar surface area (TPSA) is 50.8 Å². The van der Waals surface area contributed by atoms with E-state index in [0.717, 1.165) is 17.9 Å². The Labute approximate surface area is 100 Å². The highest BCUT2D eigenvalue weighted by Gasteiger charge is 1.99. The SMILES string of the molecule is Cn1nccc1CCOc1ccc(C#N)cc1. The highest BCUT2D eigenvalue weighted by atomic mass is 16.5. The van der Waals surface area contributed by atoms with Crippen molar-refractivity contribution in [2.45, 2.75) is 6.42 Å². The molecule has 2 rings (SSSR count). The first kappa shape index (κ1) is 11.2. The van der Waals surface area contributed by atoms with Crippen molar-refractivity contribution < 1.29 is 4.74 Å². The number of aryl methyl sites for hydroxylation is 1. The molecule has 0 saturated heterocycles. The molecular formula is C13H13N3O. The van der Waals surface area contributed by atoms with E-state index >= 15 is 0 Å². The summed E-state index contributed by atoms with van der Waals surface area (Å²) in [5.41, 5.74) is 1.78. The van der Waals surface area contributed by atoms with Gasteiger partial charge in [0.2, 0.25) is 0 Å². The van der Waals surface area contributed by atoms with Crippen LogP contribution in [0, 0.1) is 11.3 Å². The van der Waals surface area contributed by atoms with Gasteiger partial charge in [0.1, 0.15) is 5.75 Å². The van der Waals surface area contributed by atoms with Crippen LogP contribution in [0.5, 0.6) is 5.75 Å². The van der Waals surface area contributed by atoms with Crippen molar-refractivity contribution >= 4 is 0 Å². The summed E-state index contributed by atoms with van der Waals surface area (Å²) in [5.74, 6) is 0.783. The maximum atomic E-state index is 8.66. The van der Waals surface area contributed by atoms with Gasteiger partial charge in [-0.2, -0.15) is 10.4 Å². The second-order valence-corrected chi connectivity index (χ2v) is 3.68. The molecule has 1 aromatic heterocycles. The van der Waals surface area contributed by atoms with E-state index in [1.807, 2.05) is 29.9 Å². The fourth-order valence-electron chi connectivity index (χ4n) is 1.55. The quantitative estimate of drug-likeness (QED) is 0.801. The van der Waals surface area contributed by atoms with Crippen LogP contribution in [0.3, 0.4) is 0 Å². The van der Waals surface area contributed by atoms with Crippen LogP contribution < -0.4 is 4.74 Å². The Bertz CT molecular complexity index is 522. The molecule has 0 radical (unpaired) electrons. The van der Waals surface area contributed by atoms with Gasteiger partial charge in [0.15, 0.2) is 0 Å². The number of benzene rings is 1. The Hall–Kier alpha value is -2.28. The van der Waals surface area contributed by atoms with Crippen molar-refractivity contribution in [1.29, 1.82) is 5.26 Å². The number of ether oxygens (including phenoxy) is 1. The Kier molecular flexibility index (Phi) is 3.41. The summed E-state index contributed by atoms with van der Waals surface area (Å²) in [7, 11) is 1.91. The van der Waals surface area contributed by atoms with Gasteiger partial charge < -0.3 is 4.74 Å². The van der Waals surface area contributed by atoms with Crippen LogP contribution in [-0.2, 0) is 13.5 Å². The third-order valence-corrected chi connectivity index (χ3v) is 2.53. The molecule has 1 aromatic carbocycles. The van der Waals surface area contributed by atoms with Crippen LogP contribution in [0.25, 0.3) is 0 Å². The third-order valence-electron chi connectivity index (χ3n) is 2.53. The van der Waals surface area contributed by atoms with Gasteiger partial charge in [-0.1, -0.05) is 0 Å². The van der Waals surface area contributed by atoms with Gasteiger partial charge in [0.05, 0.1) is 18.2 Å². The van der Waals surface area contributed by atoms with E-state index < -0.39 is 0 Å². The highest BCUT2D eigenvalue weighted by Crippen LogP contribution is 2.11. The lowest BCUT2D eigenvalue weighted by molar-refractivity contribution is 0.318. The van der Waals surface area contributed by atoms with Crippen molar-refractivity contribution in [3.05, 3.63) is 47.8 Å². The van der Waals surface area contributed by atoms with E-state index in [-0.39, 0.29) is 0 Å². The summed E-state index contributed by atoms with van der Waals surface area (Å²) in [4.78, 5) is 0. The third kappa shape index (κ3) is 2.85. The molecule has 86 valence electrons. The van der Waals surface area contributed by atoms with Crippen molar-refractivity contribution in [2.75, 3.05) is 6.61 Å². The maximum Gasteiger partial charge on any atom is 0.119 e. The standard InChI is InChI=1S/C13H13N3O/c1-16-12(6-8-15-16)7-9-17-13-4-2-11(10-14)3-5-13/h2-6,8H,7,9H2,1H3. The molecule has 0 amide bonds. The number of rotatable bonds is 4. The first-order valence-electron chi connectivity index (χ1n) is 5.39. The minimum Gasteiger partial charge on any atom is -0.493 e. The van der Waals surface area contributed by atoms with Gasteiger partial charge in [-0.3, -0.25) is 4.68 Å². The average Bonchev–Trinajstić information content (AvgIpc) is 2.76. The van der Waals surface area contributed by atoms with Crippen molar-refractivity contribution in [1.82, 2.24) is 9.78 Å². The predicted octanol–water partition coefficient (Wildman–Crippen LogP) is 1.91. The molecule has 0 aliphatic heterocycles. The molecule has 0 N–H and O–H groups in total. The molecule has 1 heterocycles. The molecule has 0 aliphatic carbocycles. The average molecular weight is 227 g/mol.